The molecule has 0 spiro atoms. The summed E-state index contributed by atoms with van der Waals surface area (Å²) in [5.74, 6) is -1.25. The van der Waals surface area contributed by atoms with Gasteiger partial charge in [-0.1, -0.05) is 0 Å². The average molecular weight is 201 g/mol. The maximum Gasteiger partial charge on any atom is 0.306 e. The van der Waals surface area contributed by atoms with E-state index >= 15 is 0 Å². The number of carboxylic acid groups (broad SMARTS) is 1. The first-order valence-electron chi connectivity index (χ1n) is 4.64. The summed E-state index contributed by atoms with van der Waals surface area (Å²) in [5.41, 5.74) is 0. The molecule has 1 aliphatic carbocycles. The largest absolute Gasteiger partial charge is 0.481 e. The lowest BCUT2D eigenvalue weighted by atomic mass is 10.1. The van der Waals surface area contributed by atoms with E-state index in [-0.39, 0.29) is 24.5 Å². The molecule has 0 radical (unpaired) electrons. The molecule has 0 aromatic carbocycles. The normalized spacial score (nSPS) is 26.1. The highest BCUT2D eigenvalue weighted by Gasteiger charge is 2.30. The van der Waals surface area contributed by atoms with E-state index in [1.165, 1.54) is 7.11 Å². The zero-order chi connectivity index (χ0) is 10.6. The van der Waals surface area contributed by atoms with E-state index in [0.717, 1.165) is 6.42 Å². The Bertz CT molecular complexity index is 229. The number of hydrogen-bond acceptors (Lipinski definition) is 3. The molecule has 1 rings (SSSR count). The average Bonchev–Trinajstić information content (AvgIpc) is 2.53. The number of carbonyl (C=O) groups excluding carboxylic acids is 1. The van der Waals surface area contributed by atoms with E-state index in [9.17, 15) is 9.59 Å². The highest BCUT2D eigenvalue weighted by molar-refractivity contribution is 5.77. The monoisotopic (exact) mass is 201 g/mol. The Kier molecular flexibility index (Phi) is 3.88. The Labute approximate surface area is 82.4 Å². The molecule has 2 N–H and O–H groups in total. The molecule has 80 valence electrons. The molecule has 14 heavy (non-hydrogen) atoms. The van der Waals surface area contributed by atoms with E-state index in [1.807, 2.05) is 0 Å². The number of aliphatic carboxylic acids is 1. The molecule has 1 saturated carbocycles. The van der Waals surface area contributed by atoms with Crippen LogP contribution in [0.4, 0.5) is 0 Å². The van der Waals surface area contributed by atoms with Crippen molar-refractivity contribution in [3.63, 3.8) is 0 Å². The number of ether oxygens (including phenoxy) is 1. The molecular weight excluding hydrogens is 186 g/mol. The molecule has 1 aliphatic rings. The molecule has 0 bridgehead atoms. The molecule has 1 fully saturated rings. The Balaban J connectivity index is 2.28. The molecule has 5 nitrogen and oxygen atoms in total. The maximum absolute atomic E-state index is 11.1. The lowest BCUT2D eigenvalue weighted by Gasteiger charge is -2.11. The van der Waals surface area contributed by atoms with Gasteiger partial charge in [0.05, 0.1) is 5.92 Å². The highest BCUT2D eigenvalue weighted by Crippen LogP contribution is 2.25. The van der Waals surface area contributed by atoms with E-state index in [1.54, 1.807) is 0 Å². The highest BCUT2D eigenvalue weighted by atomic mass is 16.5. The third-order valence-corrected chi connectivity index (χ3v) is 2.42. The van der Waals surface area contributed by atoms with Crippen molar-refractivity contribution < 1.29 is 19.4 Å². The van der Waals surface area contributed by atoms with Gasteiger partial charge in [-0.2, -0.15) is 0 Å². The van der Waals surface area contributed by atoms with Gasteiger partial charge in [-0.3, -0.25) is 9.59 Å². The minimum atomic E-state index is -0.770. The van der Waals surface area contributed by atoms with Crippen LogP contribution < -0.4 is 5.32 Å². The van der Waals surface area contributed by atoms with Gasteiger partial charge < -0.3 is 15.2 Å². The second kappa shape index (κ2) is 4.95. The molecule has 5 heteroatoms. The van der Waals surface area contributed by atoms with Crippen LogP contribution in [0, 0.1) is 5.92 Å². The Morgan fingerprint density at radius 2 is 2.21 bits per heavy atom. The van der Waals surface area contributed by atoms with Gasteiger partial charge in [0.25, 0.3) is 0 Å². The van der Waals surface area contributed by atoms with Crippen molar-refractivity contribution >= 4 is 11.9 Å². The van der Waals surface area contributed by atoms with Gasteiger partial charge >= 0.3 is 5.97 Å². The summed E-state index contributed by atoms with van der Waals surface area (Å²) in [6.45, 7) is 0.0360. The van der Waals surface area contributed by atoms with E-state index in [4.69, 9.17) is 5.11 Å². The summed E-state index contributed by atoms with van der Waals surface area (Å²) >= 11 is 0. The fraction of sp³-hybridized carbons (Fsp3) is 0.778. The number of nitrogens with one attached hydrogen (secondary N) is 1. The lowest BCUT2D eigenvalue weighted by Crippen LogP contribution is -2.35. The van der Waals surface area contributed by atoms with Crippen molar-refractivity contribution in [1.82, 2.24) is 5.32 Å². The van der Waals surface area contributed by atoms with Crippen molar-refractivity contribution in [2.24, 2.45) is 5.92 Å². The van der Waals surface area contributed by atoms with Crippen LogP contribution in [0.2, 0.25) is 0 Å². The Hall–Kier alpha value is -1.10. The number of amides is 1. The van der Waals surface area contributed by atoms with Crippen molar-refractivity contribution in [3.8, 4) is 0 Å². The molecule has 0 aromatic rings. The SMILES string of the molecule is COCC(=O)NC1CCC(C(=O)O)C1. The van der Waals surface area contributed by atoms with Crippen molar-refractivity contribution in [1.29, 1.82) is 0 Å². The lowest BCUT2D eigenvalue weighted by molar-refractivity contribution is -0.141. The third kappa shape index (κ3) is 2.99. The minimum Gasteiger partial charge on any atom is -0.481 e. The van der Waals surface area contributed by atoms with Crippen LogP contribution in [0.5, 0.6) is 0 Å². The summed E-state index contributed by atoms with van der Waals surface area (Å²) in [7, 11) is 1.45. The van der Waals surface area contributed by atoms with Gasteiger partial charge in [0, 0.05) is 13.2 Å². The van der Waals surface area contributed by atoms with Gasteiger partial charge in [0.1, 0.15) is 6.61 Å². The Morgan fingerprint density at radius 3 is 2.71 bits per heavy atom. The topological polar surface area (TPSA) is 75.6 Å². The van der Waals surface area contributed by atoms with Gasteiger partial charge in [-0.05, 0) is 19.3 Å². The predicted molar refractivity (Wildman–Crippen MR) is 48.8 cm³/mol. The zero-order valence-corrected chi connectivity index (χ0v) is 8.16. The van der Waals surface area contributed by atoms with Gasteiger partial charge in [-0.15, -0.1) is 0 Å². The van der Waals surface area contributed by atoms with Crippen LogP contribution in [-0.2, 0) is 14.3 Å². The van der Waals surface area contributed by atoms with Crippen molar-refractivity contribution in [2.45, 2.75) is 25.3 Å². The fourth-order valence-corrected chi connectivity index (χ4v) is 1.74. The summed E-state index contributed by atoms with van der Waals surface area (Å²) in [4.78, 5) is 21.7. The van der Waals surface area contributed by atoms with Crippen LogP contribution in [0.25, 0.3) is 0 Å². The molecule has 2 unspecified atom stereocenters. The van der Waals surface area contributed by atoms with E-state index in [2.05, 4.69) is 10.1 Å². The fourth-order valence-electron chi connectivity index (χ4n) is 1.74. The van der Waals surface area contributed by atoms with Crippen LogP contribution in [0.1, 0.15) is 19.3 Å². The molecule has 0 aliphatic heterocycles. The van der Waals surface area contributed by atoms with Crippen molar-refractivity contribution in [2.75, 3.05) is 13.7 Å². The van der Waals surface area contributed by atoms with Crippen molar-refractivity contribution in [3.05, 3.63) is 0 Å². The molecule has 1 amide bonds. The summed E-state index contributed by atoms with van der Waals surface area (Å²) in [6, 6.07) is -0.00116. The molecule has 0 heterocycles. The van der Waals surface area contributed by atoms with Crippen LogP contribution in [0.15, 0.2) is 0 Å². The van der Waals surface area contributed by atoms with E-state index < -0.39 is 5.97 Å². The van der Waals surface area contributed by atoms with Gasteiger partial charge in [0.2, 0.25) is 5.91 Å². The Morgan fingerprint density at radius 1 is 1.50 bits per heavy atom. The summed E-state index contributed by atoms with van der Waals surface area (Å²) in [6.07, 6.45) is 1.92. The number of carboxylic acids is 1. The molecular formula is C9H15NO4. The smallest absolute Gasteiger partial charge is 0.306 e. The van der Waals surface area contributed by atoms with E-state index in [0.29, 0.717) is 12.8 Å². The van der Waals surface area contributed by atoms with Gasteiger partial charge in [0.15, 0.2) is 0 Å². The quantitative estimate of drug-likeness (QED) is 0.671. The first-order valence-corrected chi connectivity index (χ1v) is 4.64. The summed E-state index contributed by atoms with van der Waals surface area (Å²) < 4.78 is 4.66. The van der Waals surface area contributed by atoms with Crippen LogP contribution >= 0.6 is 0 Å². The minimum absolute atomic E-state index is 0.00116. The van der Waals surface area contributed by atoms with Gasteiger partial charge in [-0.25, -0.2) is 0 Å². The predicted octanol–water partition coefficient (Wildman–Crippen LogP) is 0.00230. The van der Waals surface area contributed by atoms with Crippen LogP contribution in [-0.4, -0.2) is 36.7 Å². The number of methoxy groups -OCH3 is 1. The first kappa shape index (κ1) is 11.0. The second-order valence-electron chi connectivity index (χ2n) is 3.55. The number of hydrogen-bond donors (Lipinski definition) is 2. The second-order valence-corrected chi connectivity index (χ2v) is 3.55. The summed E-state index contributed by atoms with van der Waals surface area (Å²) in [5, 5.41) is 11.5. The molecule has 0 saturated heterocycles. The molecule has 0 aromatic heterocycles. The first-order chi connectivity index (χ1) is 6.63. The number of rotatable bonds is 4. The molecule has 2 atom stereocenters. The maximum atomic E-state index is 11.1. The third-order valence-electron chi connectivity index (χ3n) is 2.42. The van der Waals surface area contributed by atoms with Crippen LogP contribution in [0.3, 0.4) is 0 Å². The standard InChI is InChI=1S/C9H15NO4/c1-14-5-8(11)10-7-3-2-6(4-7)9(12)13/h6-7H,2-5H2,1H3,(H,10,11)(H,12,13). The zero-order valence-electron chi connectivity index (χ0n) is 8.16. The number of carbonyl (C=O) groups is 2.